The summed E-state index contributed by atoms with van der Waals surface area (Å²) in [4.78, 5) is 36.4. The van der Waals surface area contributed by atoms with Crippen molar-refractivity contribution in [2.75, 3.05) is 11.9 Å². The molecule has 3 aromatic carbocycles. The first-order valence-electron chi connectivity index (χ1n) is 10.6. The van der Waals surface area contributed by atoms with Gasteiger partial charge in [-0.1, -0.05) is 48.0 Å². The lowest BCUT2D eigenvalue weighted by atomic mass is 10.1. The quantitative estimate of drug-likeness (QED) is 0.388. The van der Waals surface area contributed by atoms with Crippen molar-refractivity contribution in [2.45, 2.75) is 26.8 Å². The number of nitrogens with one attached hydrogen (secondary N) is 2. The first-order chi connectivity index (χ1) is 15.9. The number of aryl methyl sites for hydroxylation is 1. The van der Waals surface area contributed by atoms with Gasteiger partial charge in [-0.25, -0.2) is 4.79 Å². The van der Waals surface area contributed by atoms with Gasteiger partial charge in [-0.15, -0.1) is 0 Å². The van der Waals surface area contributed by atoms with Crippen molar-refractivity contribution in [3.63, 3.8) is 0 Å². The summed E-state index contributed by atoms with van der Waals surface area (Å²) < 4.78 is 9.72. The summed E-state index contributed by atoms with van der Waals surface area (Å²) in [7, 11) is 0. The molecule has 170 valence electrons. The van der Waals surface area contributed by atoms with E-state index >= 15 is 0 Å². The van der Waals surface area contributed by atoms with Crippen LogP contribution >= 0.6 is 0 Å². The summed E-state index contributed by atoms with van der Waals surface area (Å²) in [6, 6.07) is 21.2. The molecule has 0 radical (unpaired) electrons. The molecule has 33 heavy (non-hydrogen) atoms. The number of para-hydroxylation sites is 1. The molecule has 0 saturated heterocycles. The predicted octanol–water partition coefficient (Wildman–Crippen LogP) is 4.64. The molecule has 0 saturated carbocycles. The van der Waals surface area contributed by atoms with Crippen molar-refractivity contribution >= 4 is 23.7 Å². The lowest BCUT2D eigenvalue weighted by Gasteiger charge is -2.12. The van der Waals surface area contributed by atoms with Crippen LogP contribution in [0.1, 0.15) is 34.0 Å². The lowest BCUT2D eigenvalue weighted by Crippen LogP contribution is -2.25. The van der Waals surface area contributed by atoms with E-state index in [1.165, 1.54) is 12.1 Å². The highest BCUT2D eigenvalue weighted by molar-refractivity contribution is 6.04. The Morgan fingerprint density at radius 3 is 2.27 bits per heavy atom. The van der Waals surface area contributed by atoms with E-state index in [1.54, 1.807) is 25.1 Å². The van der Waals surface area contributed by atoms with Crippen LogP contribution in [0.4, 0.5) is 10.5 Å². The van der Waals surface area contributed by atoms with E-state index < -0.39 is 6.16 Å². The summed E-state index contributed by atoms with van der Waals surface area (Å²) in [6.45, 7) is 4.18. The Bertz CT molecular complexity index is 1110. The molecule has 0 aliphatic rings. The van der Waals surface area contributed by atoms with E-state index in [1.807, 2.05) is 49.4 Å². The molecule has 2 amide bonds. The van der Waals surface area contributed by atoms with Gasteiger partial charge in [0, 0.05) is 17.8 Å². The third-order valence-electron chi connectivity index (χ3n) is 4.81. The fourth-order valence-electron chi connectivity index (χ4n) is 3.06. The van der Waals surface area contributed by atoms with Crippen LogP contribution in [0.3, 0.4) is 0 Å². The average molecular weight is 447 g/mol. The highest BCUT2D eigenvalue weighted by Gasteiger charge is 2.12. The van der Waals surface area contributed by atoms with Crippen molar-refractivity contribution in [1.29, 1.82) is 0 Å². The highest BCUT2D eigenvalue weighted by Crippen LogP contribution is 2.18. The molecule has 0 unspecified atom stereocenters. The number of carbonyl (C=O) groups excluding carboxylic acids is 3. The van der Waals surface area contributed by atoms with Gasteiger partial charge in [0.05, 0.1) is 13.0 Å². The fourth-order valence-corrected chi connectivity index (χ4v) is 3.06. The molecule has 0 aromatic heterocycles. The second-order valence-corrected chi connectivity index (χ2v) is 7.36. The molecule has 7 heteroatoms. The summed E-state index contributed by atoms with van der Waals surface area (Å²) in [5, 5.41) is 5.77. The van der Waals surface area contributed by atoms with Crippen molar-refractivity contribution in [1.82, 2.24) is 5.32 Å². The number of hydrogen-bond donors (Lipinski definition) is 2. The van der Waals surface area contributed by atoms with Gasteiger partial charge in [-0.2, -0.15) is 0 Å². The first-order valence-corrected chi connectivity index (χ1v) is 10.6. The Morgan fingerprint density at radius 1 is 0.879 bits per heavy atom. The zero-order chi connectivity index (χ0) is 23.6. The highest BCUT2D eigenvalue weighted by atomic mass is 16.7. The SMILES string of the molecule is CCOC(=O)Oc1ccc(C(=O)Nc2ccccc2CNC(=O)Cc2ccc(C)cc2)cc1. The third kappa shape index (κ3) is 7.21. The van der Waals surface area contributed by atoms with Gasteiger partial charge in [0.15, 0.2) is 0 Å². The van der Waals surface area contributed by atoms with Gasteiger partial charge in [0.25, 0.3) is 5.91 Å². The summed E-state index contributed by atoms with van der Waals surface area (Å²) in [5.41, 5.74) is 3.86. The number of anilines is 1. The minimum atomic E-state index is -0.798. The Balaban J connectivity index is 1.58. The van der Waals surface area contributed by atoms with Crippen LogP contribution in [-0.2, 0) is 22.5 Å². The third-order valence-corrected chi connectivity index (χ3v) is 4.81. The number of rotatable bonds is 8. The molecule has 0 aliphatic heterocycles. The Morgan fingerprint density at radius 2 is 1.58 bits per heavy atom. The smallest absolute Gasteiger partial charge is 0.434 e. The van der Waals surface area contributed by atoms with Gasteiger partial charge in [-0.3, -0.25) is 9.59 Å². The summed E-state index contributed by atoms with van der Waals surface area (Å²) >= 11 is 0. The van der Waals surface area contributed by atoms with Crippen LogP contribution < -0.4 is 15.4 Å². The zero-order valence-electron chi connectivity index (χ0n) is 18.6. The molecule has 0 spiro atoms. The predicted molar refractivity (Wildman–Crippen MR) is 125 cm³/mol. The van der Waals surface area contributed by atoms with Crippen LogP contribution in [0.5, 0.6) is 5.75 Å². The van der Waals surface area contributed by atoms with Crippen LogP contribution in [0.2, 0.25) is 0 Å². The van der Waals surface area contributed by atoms with Crippen molar-refractivity contribution in [2.24, 2.45) is 0 Å². The zero-order valence-corrected chi connectivity index (χ0v) is 18.6. The molecule has 0 heterocycles. The molecular formula is C26H26N2O5. The van der Waals surface area contributed by atoms with E-state index in [9.17, 15) is 14.4 Å². The van der Waals surface area contributed by atoms with Crippen molar-refractivity contribution < 1.29 is 23.9 Å². The van der Waals surface area contributed by atoms with Crippen LogP contribution in [0.25, 0.3) is 0 Å². The molecule has 7 nitrogen and oxygen atoms in total. The minimum absolute atomic E-state index is 0.0998. The second kappa shape index (κ2) is 11.5. The van der Waals surface area contributed by atoms with Gasteiger partial charge in [-0.05, 0) is 55.3 Å². The van der Waals surface area contributed by atoms with Crippen LogP contribution in [0, 0.1) is 6.92 Å². The number of hydrogen-bond acceptors (Lipinski definition) is 5. The van der Waals surface area contributed by atoms with Crippen LogP contribution in [0.15, 0.2) is 72.8 Å². The Labute approximate surface area is 192 Å². The first kappa shape index (κ1) is 23.5. The molecule has 0 fully saturated rings. The van der Waals surface area contributed by atoms with E-state index in [-0.39, 0.29) is 37.1 Å². The summed E-state index contributed by atoms with van der Waals surface area (Å²) in [5.74, 6) is -0.144. The van der Waals surface area contributed by atoms with E-state index in [0.717, 1.165) is 16.7 Å². The molecule has 0 aliphatic carbocycles. The maximum atomic E-state index is 12.7. The monoisotopic (exact) mass is 446 g/mol. The van der Waals surface area contributed by atoms with Crippen LogP contribution in [-0.4, -0.2) is 24.6 Å². The van der Waals surface area contributed by atoms with Crippen molar-refractivity contribution in [3.8, 4) is 5.75 Å². The van der Waals surface area contributed by atoms with E-state index in [4.69, 9.17) is 9.47 Å². The normalized spacial score (nSPS) is 10.2. The molecule has 0 bridgehead atoms. The number of carbonyl (C=O) groups is 3. The molecule has 3 aromatic rings. The average Bonchev–Trinajstić information content (AvgIpc) is 2.80. The van der Waals surface area contributed by atoms with Gasteiger partial charge >= 0.3 is 6.16 Å². The van der Waals surface area contributed by atoms with Gasteiger partial charge in [0.1, 0.15) is 5.75 Å². The topological polar surface area (TPSA) is 93.7 Å². The van der Waals surface area contributed by atoms with Crippen molar-refractivity contribution in [3.05, 3.63) is 95.1 Å². The minimum Gasteiger partial charge on any atom is -0.434 e. The Kier molecular flexibility index (Phi) is 8.18. The molecule has 2 N–H and O–H groups in total. The molecular weight excluding hydrogens is 420 g/mol. The van der Waals surface area contributed by atoms with E-state index in [2.05, 4.69) is 10.6 Å². The number of ether oxygens (including phenoxy) is 2. The maximum Gasteiger partial charge on any atom is 0.513 e. The van der Waals surface area contributed by atoms with Gasteiger partial charge < -0.3 is 20.1 Å². The number of benzene rings is 3. The molecule has 0 atom stereocenters. The Hall–Kier alpha value is -4.13. The molecule has 3 rings (SSSR count). The van der Waals surface area contributed by atoms with E-state index in [0.29, 0.717) is 11.3 Å². The second-order valence-electron chi connectivity index (χ2n) is 7.36. The fraction of sp³-hybridized carbons (Fsp3) is 0.192. The lowest BCUT2D eigenvalue weighted by molar-refractivity contribution is -0.120. The maximum absolute atomic E-state index is 12.7. The number of amides is 2. The largest absolute Gasteiger partial charge is 0.513 e. The summed E-state index contributed by atoms with van der Waals surface area (Å²) in [6.07, 6.45) is -0.511. The van der Waals surface area contributed by atoms with Gasteiger partial charge in [0.2, 0.25) is 5.91 Å². The standard InChI is InChI=1S/C26H26N2O5/c1-3-32-26(31)33-22-14-12-20(13-15-22)25(30)28-23-7-5-4-6-21(23)17-27-24(29)16-19-10-8-18(2)9-11-19/h4-15H,3,16-17H2,1-2H3,(H,27,29)(H,28,30).